The minimum Gasteiger partial charge on any atom is -0.478 e. The highest BCUT2D eigenvalue weighted by Gasteiger charge is 2.15. The third kappa shape index (κ3) is 5.04. The molecule has 0 atom stereocenters. The average Bonchev–Trinajstić information content (AvgIpc) is 2.44. The van der Waals surface area contributed by atoms with Crippen LogP contribution in [0.5, 0.6) is 0 Å². The third-order valence-electron chi connectivity index (χ3n) is 3.53. The van der Waals surface area contributed by atoms with E-state index in [1.54, 1.807) is 0 Å². The van der Waals surface area contributed by atoms with Gasteiger partial charge in [0.1, 0.15) is 0 Å². The van der Waals surface area contributed by atoms with Gasteiger partial charge in [0, 0.05) is 19.3 Å². The molecule has 0 aliphatic carbocycles. The number of rotatable bonds is 4. The van der Waals surface area contributed by atoms with Gasteiger partial charge in [-0.15, -0.1) is 0 Å². The molecule has 21 heavy (non-hydrogen) atoms. The molecule has 0 bridgehead atoms. The molecule has 0 radical (unpaired) electrons. The average molecular weight is 308 g/mol. The Hall–Kier alpha value is -1.56. The summed E-state index contributed by atoms with van der Waals surface area (Å²) in [5.74, 6) is -0.547. The van der Waals surface area contributed by atoms with E-state index in [0.717, 1.165) is 25.9 Å². The molecule has 0 aromatic carbocycles. The number of pyridine rings is 1. The van der Waals surface area contributed by atoms with Gasteiger partial charge in [0.25, 0.3) is 0 Å². The monoisotopic (exact) mass is 308 g/mol. The molecule has 2 heterocycles. The van der Waals surface area contributed by atoms with Crippen molar-refractivity contribution >= 4 is 23.6 Å². The van der Waals surface area contributed by atoms with Gasteiger partial charge in [-0.2, -0.15) is 0 Å². The van der Waals surface area contributed by atoms with Gasteiger partial charge in [-0.1, -0.05) is 31.0 Å². The minimum absolute atomic E-state index is 0.115. The molecule has 1 aromatic heterocycles. The second-order valence-electron chi connectivity index (χ2n) is 5.13. The summed E-state index contributed by atoms with van der Waals surface area (Å²) in [4.78, 5) is 29.1. The van der Waals surface area contributed by atoms with Gasteiger partial charge in [-0.05, 0) is 25.0 Å². The number of likely N-dealkylation sites (tertiary alicyclic amines) is 1. The van der Waals surface area contributed by atoms with Crippen molar-refractivity contribution in [3.8, 4) is 0 Å². The summed E-state index contributed by atoms with van der Waals surface area (Å²) in [6.07, 6.45) is 7.26. The number of hydrogen-bond donors (Lipinski definition) is 1. The molecule has 2 rings (SSSR count). The third-order valence-corrected chi connectivity index (χ3v) is 4.44. The zero-order valence-electron chi connectivity index (χ0n) is 12.0. The summed E-state index contributed by atoms with van der Waals surface area (Å²) in [5.41, 5.74) is 0.200. The molecule has 0 spiro atoms. The Morgan fingerprint density at radius 3 is 2.52 bits per heavy atom. The fourth-order valence-electron chi connectivity index (χ4n) is 2.35. The van der Waals surface area contributed by atoms with Crippen LogP contribution in [0.1, 0.15) is 42.5 Å². The van der Waals surface area contributed by atoms with Crippen molar-refractivity contribution in [2.75, 3.05) is 18.8 Å². The second-order valence-corrected chi connectivity index (χ2v) is 6.12. The van der Waals surface area contributed by atoms with E-state index in [-0.39, 0.29) is 11.5 Å². The number of amides is 1. The SMILES string of the molecule is O=C(O)c1ccnc(SCC(=O)N2CCCCCCC2)c1. The van der Waals surface area contributed by atoms with E-state index in [2.05, 4.69) is 4.98 Å². The Labute approximate surface area is 128 Å². The predicted octanol–water partition coefficient (Wildman–Crippen LogP) is 2.66. The van der Waals surface area contributed by atoms with Crippen LogP contribution >= 0.6 is 11.8 Å². The molecule has 1 aliphatic rings. The number of carboxylic acid groups (broad SMARTS) is 1. The first-order valence-electron chi connectivity index (χ1n) is 7.27. The Morgan fingerprint density at radius 1 is 1.19 bits per heavy atom. The maximum Gasteiger partial charge on any atom is 0.335 e. The van der Waals surface area contributed by atoms with Gasteiger partial charge in [0.2, 0.25) is 5.91 Å². The molecule has 1 aliphatic heterocycles. The van der Waals surface area contributed by atoms with E-state index in [0.29, 0.717) is 10.8 Å². The Balaban J connectivity index is 1.87. The quantitative estimate of drug-likeness (QED) is 0.866. The topological polar surface area (TPSA) is 70.5 Å². The van der Waals surface area contributed by atoms with Crippen LogP contribution in [0.3, 0.4) is 0 Å². The van der Waals surface area contributed by atoms with Crippen molar-refractivity contribution in [2.45, 2.75) is 37.1 Å². The summed E-state index contributed by atoms with van der Waals surface area (Å²) in [5, 5.41) is 9.52. The van der Waals surface area contributed by atoms with E-state index >= 15 is 0 Å². The van der Waals surface area contributed by atoms with Gasteiger partial charge in [0.15, 0.2) is 0 Å². The number of carbonyl (C=O) groups excluding carboxylic acids is 1. The van der Waals surface area contributed by atoms with Crippen molar-refractivity contribution in [1.82, 2.24) is 9.88 Å². The normalized spacial score (nSPS) is 16.1. The lowest BCUT2D eigenvalue weighted by molar-refractivity contribution is -0.128. The number of aromatic nitrogens is 1. The van der Waals surface area contributed by atoms with Gasteiger partial charge in [-0.3, -0.25) is 4.79 Å². The largest absolute Gasteiger partial charge is 0.478 e. The van der Waals surface area contributed by atoms with E-state index in [1.807, 2.05) is 4.90 Å². The molecule has 0 saturated carbocycles. The Kier molecular flexibility index (Phi) is 6.04. The van der Waals surface area contributed by atoms with Crippen molar-refractivity contribution in [3.63, 3.8) is 0 Å². The molecule has 114 valence electrons. The maximum atomic E-state index is 12.2. The summed E-state index contributed by atoms with van der Waals surface area (Å²) < 4.78 is 0. The first-order chi connectivity index (χ1) is 10.2. The van der Waals surface area contributed by atoms with E-state index in [4.69, 9.17) is 5.11 Å². The lowest BCUT2D eigenvalue weighted by atomic mass is 10.1. The molecular formula is C15H20N2O3S. The van der Waals surface area contributed by atoms with Crippen LogP contribution in [0.25, 0.3) is 0 Å². The first-order valence-corrected chi connectivity index (χ1v) is 8.25. The molecule has 0 unspecified atom stereocenters. The van der Waals surface area contributed by atoms with Crippen molar-refractivity contribution in [1.29, 1.82) is 0 Å². The Bertz CT molecular complexity index is 499. The van der Waals surface area contributed by atoms with E-state index in [1.165, 1.54) is 49.4 Å². The molecule has 1 N–H and O–H groups in total. The fourth-order valence-corrected chi connectivity index (χ4v) is 3.14. The van der Waals surface area contributed by atoms with Crippen LogP contribution in [-0.2, 0) is 4.79 Å². The fraction of sp³-hybridized carbons (Fsp3) is 0.533. The molecule has 1 amide bonds. The lowest BCUT2D eigenvalue weighted by Crippen LogP contribution is -2.35. The van der Waals surface area contributed by atoms with Crippen LogP contribution in [0.15, 0.2) is 23.4 Å². The summed E-state index contributed by atoms with van der Waals surface area (Å²) in [6, 6.07) is 2.96. The summed E-state index contributed by atoms with van der Waals surface area (Å²) in [7, 11) is 0. The predicted molar refractivity (Wildman–Crippen MR) is 81.6 cm³/mol. The van der Waals surface area contributed by atoms with E-state index in [9.17, 15) is 9.59 Å². The lowest BCUT2D eigenvalue weighted by Gasteiger charge is -2.24. The maximum absolute atomic E-state index is 12.2. The van der Waals surface area contributed by atoms with Gasteiger partial charge >= 0.3 is 5.97 Å². The number of nitrogens with zero attached hydrogens (tertiary/aromatic N) is 2. The highest BCUT2D eigenvalue weighted by Crippen LogP contribution is 2.18. The van der Waals surface area contributed by atoms with Crippen LogP contribution in [0.2, 0.25) is 0 Å². The number of hydrogen-bond acceptors (Lipinski definition) is 4. The molecule has 1 aromatic rings. The van der Waals surface area contributed by atoms with Gasteiger partial charge < -0.3 is 10.0 Å². The molecular weight excluding hydrogens is 288 g/mol. The van der Waals surface area contributed by atoms with Crippen molar-refractivity contribution in [2.24, 2.45) is 0 Å². The minimum atomic E-state index is -0.977. The zero-order valence-corrected chi connectivity index (χ0v) is 12.8. The number of thioether (sulfide) groups is 1. The van der Waals surface area contributed by atoms with Crippen molar-refractivity contribution in [3.05, 3.63) is 23.9 Å². The summed E-state index contributed by atoms with van der Waals surface area (Å²) in [6.45, 7) is 1.67. The highest BCUT2D eigenvalue weighted by atomic mass is 32.2. The van der Waals surface area contributed by atoms with Crippen LogP contribution in [0.4, 0.5) is 0 Å². The molecule has 1 fully saturated rings. The Morgan fingerprint density at radius 2 is 1.86 bits per heavy atom. The van der Waals surface area contributed by atoms with Crippen LogP contribution in [-0.4, -0.2) is 45.7 Å². The summed E-state index contributed by atoms with van der Waals surface area (Å²) >= 11 is 1.30. The second kappa shape index (κ2) is 8.02. The molecule has 1 saturated heterocycles. The van der Waals surface area contributed by atoms with Gasteiger partial charge in [-0.25, -0.2) is 9.78 Å². The number of aromatic carboxylic acids is 1. The van der Waals surface area contributed by atoms with Gasteiger partial charge in [0.05, 0.1) is 16.3 Å². The zero-order chi connectivity index (χ0) is 15.1. The number of carboxylic acids is 1. The molecule has 6 heteroatoms. The first kappa shape index (κ1) is 15.8. The molecule has 5 nitrogen and oxygen atoms in total. The smallest absolute Gasteiger partial charge is 0.335 e. The van der Waals surface area contributed by atoms with Crippen molar-refractivity contribution < 1.29 is 14.7 Å². The standard InChI is InChI=1S/C15H20N2O3S/c18-14(17-8-4-2-1-3-5-9-17)11-21-13-10-12(15(19)20)6-7-16-13/h6-7,10H,1-5,8-9,11H2,(H,19,20). The van der Waals surface area contributed by atoms with Crippen LogP contribution < -0.4 is 0 Å². The number of carbonyl (C=O) groups is 2. The highest BCUT2D eigenvalue weighted by molar-refractivity contribution is 7.99. The van der Waals surface area contributed by atoms with E-state index < -0.39 is 5.97 Å². The van der Waals surface area contributed by atoms with Crippen LogP contribution in [0, 0.1) is 0 Å².